The van der Waals surface area contributed by atoms with E-state index in [1.807, 2.05) is 0 Å². The molecule has 1 unspecified atom stereocenters. The van der Waals surface area contributed by atoms with Crippen molar-refractivity contribution in [2.45, 2.75) is 12.8 Å². The van der Waals surface area contributed by atoms with Gasteiger partial charge in [0.15, 0.2) is 0 Å². The molecule has 1 aromatic carbocycles. The second kappa shape index (κ2) is 4.91. The first kappa shape index (κ1) is 10.1. The molecule has 0 saturated heterocycles. The first-order valence-electron chi connectivity index (χ1n) is 5.39. The first-order valence-corrected chi connectivity index (χ1v) is 6.21. The zero-order chi connectivity index (χ0) is 9.80. The maximum Gasteiger partial charge on any atom is 0.00222 e. The van der Waals surface area contributed by atoms with Crippen LogP contribution in [0.15, 0.2) is 24.3 Å². The molecule has 0 radical (unpaired) electrons. The van der Waals surface area contributed by atoms with E-state index < -0.39 is 0 Å². The standard InChI is InChI=1S/C12H18NP/c14-10-9-13-7-5-11-3-1-2-4-12(11)6-8-13/h1-4H,5-10,14H2. The van der Waals surface area contributed by atoms with E-state index in [0.29, 0.717) is 0 Å². The Morgan fingerprint density at radius 1 is 1.07 bits per heavy atom. The van der Waals surface area contributed by atoms with Gasteiger partial charge in [-0.1, -0.05) is 24.3 Å². The summed E-state index contributed by atoms with van der Waals surface area (Å²) in [6.45, 7) is 3.68. The molecule has 2 rings (SSSR count). The molecular weight excluding hydrogens is 189 g/mol. The number of nitrogens with zero attached hydrogens (tertiary/aromatic N) is 1. The van der Waals surface area contributed by atoms with Gasteiger partial charge >= 0.3 is 0 Å². The van der Waals surface area contributed by atoms with Crippen LogP contribution in [0.4, 0.5) is 0 Å². The van der Waals surface area contributed by atoms with Gasteiger partial charge in [-0.3, -0.25) is 0 Å². The molecule has 0 spiro atoms. The lowest BCUT2D eigenvalue weighted by Crippen LogP contribution is -2.28. The smallest absolute Gasteiger partial charge is 0.00222 e. The van der Waals surface area contributed by atoms with Crippen molar-refractivity contribution in [1.29, 1.82) is 0 Å². The molecule has 1 heterocycles. The van der Waals surface area contributed by atoms with Crippen LogP contribution < -0.4 is 0 Å². The summed E-state index contributed by atoms with van der Waals surface area (Å²) in [4.78, 5) is 2.56. The molecule has 0 saturated carbocycles. The summed E-state index contributed by atoms with van der Waals surface area (Å²) in [6, 6.07) is 8.87. The van der Waals surface area contributed by atoms with Crippen LogP contribution >= 0.6 is 9.24 Å². The minimum Gasteiger partial charge on any atom is -0.302 e. The van der Waals surface area contributed by atoms with E-state index in [0.717, 1.165) is 0 Å². The fourth-order valence-electron chi connectivity index (χ4n) is 2.12. The summed E-state index contributed by atoms with van der Waals surface area (Å²) < 4.78 is 0. The molecule has 76 valence electrons. The Balaban J connectivity index is 2.06. The third-order valence-electron chi connectivity index (χ3n) is 2.96. The van der Waals surface area contributed by atoms with E-state index in [1.165, 1.54) is 38.6 Å². The van der Waals surface area contributed by atoms with Gasteiger partial charge in [0, 0.05) is 19.6 Å². The van der Waals surface area contributed by atoms with Crippen molar-refractivity contribution < 1.29 is 0 Å². The van der Waals surface area contributed by atoms with E-state index >= 15 is 0 Å². The zero-order valence-corrected chi connectivity index (χ0v) is 9.73. The maximum absolute atomic E-state index is 2.81. The Kier molecular flexibility index (Phi) is 3.55. The van der Waals surface area contributed by atoms with Crippen LogP contribution in [0, 0.1) is 0 Å². The molecular formula is C12H18NP. The highest BCUT2D eigenvalue weighted by atomic mass is 31.0. The molecule has 1 aromatic rings. The predicted octanol–water partition coefficient (Wildman–Crippen LogP) is 1.96. The van der Waals surface area contributed by atoms with Crippen molar-refractivity contribution in [2.75, 3.05) is 25.8 Å². The third kappa shape index (κ3) is 2.34. The lowest BCUT2D eigenvalue weighted by Gasteiger charge is -2.17. The molecule has 14 heavy (non-hydrogen) atoms. The van der Waals surface area contributed by atoms with Crippen molar-refractivity contribution >= 4 is 9.24 Å². The lowest BCUT2D eigenvalue weighted by molar-refractivity contribution is 0.306. The van der Waals surface area contributed by atoms with E-state index in [1.54, 1.807) is 11.1 Å². The summed E-state index contributed by atoms with van der Waals surface area (Å²) in [7, 11) is 2.81. The van der Waals surface area contributed by atoms with E-state index in [4.69, 9.17) is 0 Å². The molecule has 0 aliphatic carbocycles. The van der Waals surface area contributed by atoms with Crippen LogP contribution in [0.3, 0.4) is 0 Å². The number of hydrogen-bond donors (Lipinski definition) is 0. The molecule has 1 aliphatic rings. The van der Waals surface area contributed by atoms with Crippen molar-refractivity contribution in [3.05, 3.63) is 35.4 Å². The minimum atomic E-state index is 1.19. The molecule has 0 aromatic heterocycles. The Hall–Kier alpha value is -0.390. The highest BCUT2D eigenvalue weighted by Gasteiger charge is 2.11. The Labute approximate surface area is 88.7 Å². The topological polar surface area (TPSA) is 3.24 Å². The van der Waals surface area contributed by atoms with E-state index in [-0.39, 0.29) is 0 Å². The van der Waals surface area contributed by atoms with Crippen molar-refractivity contribution in [2.24, 2.45) is 0 Å². The van der Waals surface area contributed by atoms with Gasteiger partial charge in [-0.05, 0) is 30.1 Å². The van der Waals surface area contributed by atoms with Crippen molar-refractivity contribution in [1.82, 2.24) is 4.90 Å². The second-order valence-electron chi connectivity index (χ2n) is 3.90. The van der Waals surface area contributed by atoms with E-state index in [2.05, 4.69) is 38.4 Å². The molecule has 1 aliphatic heterocycles. The van der Waals surface area contributed by atoms with Crippen LogP contribution in [0.5, 0.6) is 0 Å². The van der Waals surface area contributed by atoms with Crippen molar-refractivity contribution in [3.63, 3.8) is 0 Å². The SMILES string of the molecule is PCCN1CCc2ccccc2CC1. The summed E-state index contributed by atoms with van der Waals surface area (Å²) in [6.07, 6.45) is 3.64. The molecule has 0 N–H and O–H groups in total. The van der Waals surface area contributed by atoms with Crippen LogP contribution in [0.1, 0.15) is 11.1 Å². The van der Waals surface area contributed by atoms with Gasteiger partial charge in [0.25, 0.3) is 0 Å². The van der Waals surface area contributed by atoms with Crippen LogP contribution in [-0.2, 0) is 12.8 Å². The fourth-order valence-corrected chi connectivity index (χ4v) is 2.49. The highest BCUT2D eigenvalue weighted by Crippen LogP contribution is 2.15. The lowest BCUT2D eigenvalue weighted by atomic mass is 10.0. The summed E-state index contributed by atoms with van der Waals surface area (Å²) in [5.74, 6) is 0. The summed E-state index contributed by atoms with van der Waals surface area (Å²) >= 11 is 0. The number of fused-ring (bicyclic) bond motifs is 1. The van der Waals surface area contributed by atoms with Gasteiger partial charge in [0.1, 0.15) is 0 Å². The Morgan fingerprint density at radius 2 is 1.64 bits per heavy atom. The average molecular weight is 207 g/mol. The first-order chi connectivity index (χ1) is 6.90. The summed E-state index contributed by atoms with van der Waals surface area (Å²) in [5.41, 5.74) is 3.11. The summed E-state index contributed by atoms with van der Waals surface area (Å²) in [5, 5.41) is 0. The average Bonchev–Trinajstić information content (AvgIpc) is 2.42. The van der Waals surface area contributed by atoms with Gasteiger partial charge in [0.2, 0.25) is 0 Å². The normalized spacial score (nSPS) is 17.5. The predicted molar refractivity (Wildman–Crippen MR) is 64.9 cm³/mol. The molecule has 2 heteroatoms. The molecule has 0 bridgehead atoms. The van der Waals surface area contributed by atoms with Gasteiger partial charge in [-0.25, -0.2) is 0 Å². The van der Waals surface area contributed by atoms with Gasteiger partial charge < -0.3 is 4.90 Å². The highest BCUT2D eigenvalue weighted by molar-refractivity contribution is 7.16. The fraction of sp³-hybridized carbons (Fsp3) is 0.500. The molecule has 1 atom stereocenters. The Bertz CT molecular complexity index is 271. The van der Waals surface area contributed by atoms with E-state index in [9.17, 15) is 0 Å². The number of rotatable bonds is 2. The zero-order valence-electron chi connectivity index (χ0n) is 8.58. The Morgan fingerprint density at radius 3 is 2.14 bits per heavy atom. The van der Waals surface area contributed by atoms with Crippen LogP contribution in [0.25, 0.3) is 0 Å². The van der Waals surface area contributed by atoms with Crippen molar-refractivity contribution in [3.8, 4) is 0 Å². The molecule has 0 fully saturated rings. The second-order valence-corrected chi connectivity index (χ2v) is 4.48. The monoisotopic (exact) mass is 207 g/mol. The van der Waals surface area contributed by atoms with Gasteiger partial charge in [-0.2, -0.15) is 0 Å². The largest absolute Gasteiger partial charge is 0.302 e. The van der Waals surface area contributed by atoms with Gasteiger partial charge in [0.05, 0.1) is 0 Å². The minimum absolute atomic E-state index is 1.19. The maximum atomic E-state index is 2.81. The van der Waals surface area contributed by atoms with Gasteiger partial charge in [-0.15, -0.1) is 9.24 Å². The van der Waals surface area contributed by atoms with Crippen LogP contribution in [0.2, 0.25) is 0 Å². The molecule has 0 amide bonds. The number of hydrogen-bond acceptors (Lipinski definition) is 1. The quantitative estimate of drug-likeness (QED) is 0.670. The van der Waals surface area contributed by atoms with Crippen LogP contribution in [-0.4, -0.2) is 30.7 Å². The molecule has 1 nitrogen and oxygen atoms in total. The third-order valence-corrected chi connectivity index (χ3v) is 3.22. The number of benzene rings is 1.